The maximum absolute atomic E-state index is 12.4. The van der Waals surface area contributed by atoms with Gasteiger partial charge in [0, 0.05) is 25.7 Å². The molecule has 2 rings (SSSR count). The summed E-state index contributed by atoms with van der Waals surface area (Å²) in [7, 11) is 1.48. The fourth-order valence-electron chi connectivity index (χ4n) is 2.79. The van der Waals surface area contributed by atoms with Crippen molar-refractivity contribution in [2.75, 3.05) is 25.1 Å². The molecule has 0 unspecified atom stereocenters. The number of ether oxygens (including phenoxy) is 1. The highest BCUT2D eigenvalue weighted by Crippen LogP contribution is 2.33. The number of carbonyl (C=O) groups excluding carboxylic acids is 3. The lowest BCUT2D eigenvalue weighted by Crippen LogP contribution is -2.30. The highest BCUT2D eigenvalue weighted by Gasteiger charge is 2.37. The van der Waals surface area contributed by atoms with Crippen LogP contribution in [0.15, 0.2) is 24.3 Å². The van der Waals surface area contributed by atoms with Crippen LogP contribution in [0, 0.1) is 5.92 Å². The van der Waals surface area contributed by atoms with Crippen molar-refractivity contribution in [3.63, 3.8) is 0 Å². The summed E-state index contributed by atoms with van der Waals surface area (Å²) < 4.78 is 4.98. The van der Waals surface area contributed by atoms with Gasteiger partial charge < -0.3 is 15.0 Å². The minimum Gasteiger partial charge on any atom is -0.455 e. The largest absolute Gasteiger partial charge is 0.455 e. The Balaban J connectivity index is 2.10. The molecule has 2 atom stereocenters. The van der Waals surface area contributed by atoms with E-state index < -0.39 is 11.9 Å². The van der Waals surface area contributed by atoms with E-state index >= 15 is 0 Å². The monoisotopic (exact) mass is 332 g/mol. The van der Waals surface area contributed by atoms with E-state index in [0.717, 1.165) is 17.7 Å². The molecule has 0 spiro atoms. The van der Waals surface area contributed by atoms with Crippen LogP contribution in [0.25, 0.3) is 0 Å². The molecule has 1 fully saturated rings. The first kappa shape index (κ1) is 18.0. The third-order valence-electron chi connectivity index (χ3n) is 4.45. The van der Waals surface area contributed by atoms with Crippen LogP contribution in [-0.2, 0) is 19.1 Å². The lowest BCUT2D eigenvalue weighted by molar-refractivity contribution is -0.152. The molecule has 1 N–H and O–H groups in total. The molecule has 1 saturated heterocycles. The SMILES string of the molecule is CC[C@H](C)c1ccccc1N1C[C@@H](C(=O)OCC(=O)NC)CC1=O. The number of benzene rings is 1. The second-order valence-corrected chi connectivity index (χ2v) is 6.05. The van der Waals surface area contributed by atoms with Crippen molar-refractivity contribution >= 4 is 23.5 Å². The van der Waals surface area contributed by atoms with Gasteiger partial charge >= 0.3 is 5.97 Å². The number of likely N-dealkylation sites (N-methyl/N-ethyl adjacent to an activating group) is 1. The second kappa shape index (κ2) is 7.95. The number of hydrogen-bond donors (Lipinski definition) is 1. The zero-order valence-electron chi connectivity index (χ0n) is 14.4. The molecule has 2 amide bonds. The highest BCUT2D eigenvalue weighted by molar-refractivity contribution is 6.00. The number of nitrogens with one attached hydrogen (secondary N) is 1. The number of nitrogens with zero attached hydrogens (tertiary/aromatic N) is 1. The summed E-state index contributed by atoms with van der Waals surface area (Å²) in [4.78, 5) is 37.3. The van der Waals surface area contributed by atoms with Crippen LogP contribution in [0.1, 0.15) is 38.2 Å². The van der Waals surface area contributed by atoms with Gasteiger partial charge in [-0.05, 0) is 24.0 Å². The normalized spacial score (nSPS) is 18.4. The van der Waals surface area contributed by atoms with E-state index in [-0.39, 0.29) is 24.8 Å². The molecule has 1 heterocycles. The Morgan fingerprint density at radius 2 is 2.08 bits per heavy atom. The molecule has 1 aromatic carbocycles. The van der Waals surface area contributed by atoms with E-state index in [9.17, 15) is 14.4 Å². The van der Waals surface area contributed by atoms with Gasteiger partial charge in [0.1, 0.15) is 0 Å². The molecule has 0 aromatic heterocycles. The van der Waals surface area contributed by atoms with Gasteiger partial charge in [0.15, 0.2) is 6.61 Å². The smallest absolute Gasteiger partial charge is 0.311 e. The van der Waals surface area contributed by atoms with Crippen LogP contribution < -0.4 is 10.2 Å². The highest BCUT2D eigenvalue weighted by atomic mass is 16.5. The molecular weight excluding hydrogens is 308 g/mol. The number of para-hydroxylation sites is 1. The molecule has 0 bridgehead atoms. The summed E-state index contributed by atoms with van der Waals surface area (Å²) in [5, 5.41) is 2.39. The third-order valence-corrected chi connectivity index (χ3v) is 4.45. The van der Waals surface area contributed by atoms with Crippen molar-refractivity contribution < 1.29 is 19.1 Å². The maximum atomic E-state index is 12.4. The molecule has 0 aliphatic carbocycles. The van der Waals surface area contributed by atoms with Crippen molar-refractivity contribution in [1.82, 2.24) is 5.32 Å². The topological polar surface area (TPSA) is 75.7 Å². The standard InChI is InChI=1S/C18H24N2O4/c1-4-12(2)14-7-5-6-8-15(14)20-10-13(9-17(20)22)18(23)24-11-16(21)19-3/h5-8,12-13H,4,9-11H2,1-3H3,(H,19,21)/t12-,13-/m0/s1. The Kier molecular flexibility index (Phi) is 5.95. The first-order valence-corrected chi connectivity index (χ1v) is 8.24. The van der Waals surface area contributed by atoms with E-state index in [0.29, 0.717) is 12.5 Å². The predicted molar refractivity (Wildman–Crippen MR) is 90.6 cm³/mol. The van der Waals surface area contributed by atoms with Crippen LogP contribution in [0.4, 0.5) is 5.69 Å². The number of esters is 1. The number of hydrogen-bond acceptors (Lipinski definition) is 4. The van der Waals surface area contributed by atoms with Gasteiger partial charge in [-0.15, -0.1) is 0 Å². The summed E-state index contributed by atoms with van der Waals surface area (Å²) in [6.45, 7) is 4.20. The molecule has 1 aliphatic heterocycles. The molecule has 6 nitrogen and oxygen atoms in total. The van der Waals surface area contributed by atoms with Crippen LogP contribution in [0.3, 0.4) is 0 Å². The van der Waals surface area contributed by atoms with Crippen molar-refractivity contribution in [3.05, 3.63) is 29.8 Å². The number of anilines is 1. The lowest BCUT2D eigenvalue weighted by Gasteiger charge is -2.23. The first-order chi connectivity index (χ1) is 11.5. The average molecular weight is 332 g/mol. The summed E-state index contributed by atoms with van der Waals surface area (Å²) in [5.74, 6) is -1.17. The third kappa shape index (κ3) is 3.93. The van der Waals surface area contributed by atoms with E-state index in [4.69, 9.17) is 4.74 Å². The molecule has 24 heavy (non-hydrogen) atoms. The fourth-order valence-corrected chi connectivity index (χ4v) is 2.79. The van der Waals surface area contributed by atoms with E-state index in [1.165, 1.54) is 7.05 Å². The van der Waals surface area contributed by atoms with Crippen molar-refractivity contribution in [2.45, 2.75) is 32.6 Å². The lowest BCUT2D eigenvalue weighted by atomic mass is 9.96. The minimum absolute atomic E-state index is 0.0901. The van der Waals surface area contributed by atoms with Gasteiger partial charge in [-0.25, -0.2) is 0 Å². The molecule has 0 radical (unpaired) electrons. The van der Waals surface area contributed by atoms with E-state index in [1.807, 2.05) is 24.3 Å². The van der Waals surface area contributed by atoms with Crippen LogP contribution in [0.5, 0.6) is 0 Å². The Bertz CT molecular complexity index is 629. The quantitative estimate of drug-likeness (QED) is 0.807. The Hall–Kier alpha value is -2.37. The Labute approximate surface area is 142 Å². The van der Waals surface area contributed by atoms with Gasteiger partial charge in [0.25, 0.3) is 5.91 Å². The zero-order chi connectivity index (χ0) is 17.7. The van der Waals surface area contributed by atoms with Gasteiger partial charge in [0.2, 0.25) is 5.91 Å². The molecule has 6 heteroatoms. The van der Waals surface area contributed by atoms with Crippen LogP contribution in [0.2, 0.25) is 0 Å². The molecular formula is C18H24N2O4. The number of amides is 2. The first-order valence-electron chi connectivity index (χ1n) is 8.24. The predicted octanol–water partition coefficient (Wildman–Crippen LogP) is 1.84. The molecule has 1 aromatic rings. The number of rotatable bonds is 6. The molecule has 1 aliphatic rings. The van der Waals surface area contributed by atoms with Crippen LogP contribution >= 0.6 is 0 Å². The van der Waals surface area contributed by atoms with Crippen LogP contribution in [-0.4, -0.2) is 38.0 Å². The van der Waals surface area contributed by atoms with Gasteiger partial charge in [-0.3, -0.25) is 14.4 Å². The zero-order valence-corrected chi connectivity index (χ0v) is 14.4. The fraction of sp³-hybridized carbons (Fsp3) is 0.500. The summed E-state index contributed by atoms with van der Waals surface area (Å²) in [6.07, 6.45) is 1.08. The Morgan fingerprint density at radius 3 is 2.75 bits per heavy atom. The Morgan fingerprint density at radius 1 is 1.38 bits per heavy atom. The van der Waals surface area contributed by atoms with E-state index in [1.54, 1.807) is 4.90 Å². The number of carbonyl (C=O) groups is 3. The van der Waals surface area contributed by atoms with Crippen molar-refractivity contribution in [3.8, 4) is 0 Å². The second-order valence-electron chi connectivity index (χ2n) is 6.05. The van der Waals surface area contributed by atoms with Crippen molar-refractivity contribution in [1.29, 1.82) is 0 Å². The van der Waals surface area contributed by atoms with E-state index in [2.05, 4.69) is 19.2 Å². The maximum Gasteiger partial charge on any atom is 0.311 e. The summed E-state index contributed by atoms with van der Waals surface area (Å²) in [5.41, 5.74) is 1.96. The average Bonchev–Trinajstić information content (AvgIpc) is 3.00. The minimum atomic E-state index is -0.535. The van der Waals surface area contributed by atoms with Gasteiger partial charge in [-0.2, -0.15) is 0 Å². The van der Waals surface area contributed by atoms with Gasteiger partial charge in [0.05, 0.1) is 5.92 Å². The summed E-state index contributed by atoms with van der Waals surface area (Å²) in [6, 6.07) is 7.79. The van der Waals surface area contributed by atoms with Gasteiger partial charge in [-0.1, -0.05) is 32.0 Å². The summed E-state index contributed by atoms with van der Waals surface area (Å²) >= 11 is 0. The molecule has 130 valence electrons. The molecule has 0 saturated carbocycles. The van der Waals surface area contributed by atoms with Crippen molar-refractivity contribution in [2.24, 2.45) is 5.92 Å².